The number of aryl methyl sites for hydroxylation is 2. The molecule has 3 heterocycles. The van der Waals surface area contributed by atoms with Crippen molar-refractivity contribution in [2.45, 2.75) is 39.3 Å². The summed E-state index contributed by atoms with van der Waals surface area (Å²) < 4.78 is 0. The topological polar surface area (TPSA) is 32.3 Å². The lowest BCUT2D eigenvalue weighted by Gasteiger charge is -2.23. The smallest absolute Gasteiger partial charge is 0.185 e. The second kappa shape index (κ2) is 6.34. The van der Waals surface area contributed by atoms with Crippen molar-refractivity contribution in [3.63, 3.8) is 0 Å². The van der Waals surface area contributed by atoms with Crippen molar-refractivity contribution >= 4 is 16.5 Å². The van der Waals surface area contributed by atoms with E-state index in [1.54, 1.807) is 0 Å². The minimum Gasteiger partial charge on any atom is -0.354 e. The molecule has 0 radical (unpaired) electrons. The van der Waals surface area contributed by atoms with Crippen molar-refractivity contribution in [1.82, 2.24) is 14.9 Å². The highest BCUT2D eigenvalue weighted by Gasteiger charge is 2.28. The van der Waals surface area contributed by atoms with Crippen molar-refractivity contribution in [1.29, 1.82) is 0 Å². The van der Waals surface area contributed by atoms with Gasteiger partial charge in [0, 0.05) is 31.2 Å². The Bertz CT molecular complexity index is 650. The highest BCUT2D eigenvalue weighted by molar-refractivity contribution is 7.15. The molecule has 0 amide bonds. The molecule has 0 N–H and O–H groups in total. The largest absolute Gasteiger partial charge is 0.354 e. The quantitative estimate of drug-likeness (QED) is 0.863. The van der Waals surface area contributed by atoms with Crippen LogP contribution in [0.1, 0.15) is 40.8 Å². The molecule has 1 aliphatic heterocycles. The fraction of sp³-hybridized carbons (Fsp3) is 0.529. The summed E-state index contributed by atoms with van der Waals surface area (Å²) >= 11 is 1.81. The molecule has 2 aromatic rings. The maximum absolute atomic E-state index is 4.74. The Balaban J connectivity index is 1.79. The average molecular weight is 316 g/mol. The lowest BCUT2D eigenvalue weighted by atomic mass is 10.1. The van der Waals surface area contributed by atoms with Gasteiger partial charge in [0.1, 0.15) is 0 Å². The van der Waals surface area contributed by atoms with E-state index < -0.39 is 0 Å². The van der Waals surface area contributed by atoms with Gasteiger partial charge in [0.2, 0.25) is 0 Å². The van der Waals surface area contributed by atoms with Crippen molar-refractivity contribution in [2.75, 3.05) is 25.5 Å². The van der Waals surface area contributed by atoms with E-state index in [0.29, 0.717) is 6.04 Å². The number of hydrogen-bond acceptors (Lipinski definition) is 5. The van der Waals surface area contributed by atoms with Crippen LogP contribution >= 0.6 is 11.3 Å². The normalized spacial score (nSPS) is 18.8. The summed E-state index contributed by atoms with van der Waals surface area (Å²) in [5.41, 5.74) is 3.48. The first kappa shape index (κ1) is 15.4. The fourth-order valence-corrected chi connectivity index (χ4v) is 4.04. The van der Waals surface area contributed by atoms with Gasteiger partial charge >= 0.3 is 0 Å². The summed E-state index contributed by atoms with van der Waals surface area (Å²) in [5.74, 6) is 0. The zero-order chi connectivity index (χ0) is 15.7. The van der Waals surface area contributed by atoms with Crippen LogP contribution in [0.4, 0.5) is 5.13 Å². The Morgan fingerprint density at radius 2 is 2.09 bits per heavy atom. The molecule has 22 heavy (non-hydrogen) atoms. The molecular formula is C17H24N4S. The third kappa shape index (κ3) is 3.15. The third-order valence-corrected chi connectivity index (χ3v) is 5.54. The van der Waals surface area contributed by atoms with E-state index >= 15 is 0 Å². The Kier molecular flexibility index (Phi) is 4.45. The number of nitrogens with zero attached hydrogens (tertiary/aromatic N) is 4. The lowest BCUT2D eigenvalue weighted by Crippen LogP contribution is -2.23. The van der Waals surface area contributed by atoms with Gasteiger partial charge in [0.15, 0.2) is 5.13 Å². The molecule has 4 nitrogen and oxygen atoms in total. The van der Waals surface area contributed by atoms with Gasteiger partial charge in [-0.1, -0.05) is 6.07 Å². The van der Waals surface area contributed by atoms with Gasteiger partial charge in [-0.3, -0.25) is 9.88 Å². The van der Waals surface area contributed by atoms with Crippen molar-refractivity contribution in [3.05, 3.63) is 40.2 Å². The van der Waals surface area contributed by atoms with Crippen molar-refractivity contribution < 1.29 is 0 Å². The molecule has 1 saturated heterocycles. The third-order valence-electron chi connectivity index (χ3n) is 4.23. The number of rotatable bonds is 4. The van der Waals surface area contributed by atoms with Gasteiger partial charge in [0.25, 0.3) is 0 Å². The molecule has 0 saturated carbocycles. The zero-order valence-electron chi connectivity index (χ0n) is 13.8. The zero-order valence-corrected chi connectivity index (χ0v) is 14.7. The highest BCUT2D eigenvalue weighted by Crippen LogP contribution is 2.34. The number of anilines is 1. The van der Waals surface area contributed by atoms with Crippen LogP contribution < -0.4 is 4.90 Å². The number of likely N-dealkylation sites (tertiary alicyclic amines) is 1. The van der Waals surface area contributed by atoms with Crippen molar-refractivity contribution in [3.8, 4) is 0 Å². The molecule has 1 atom stereocenters. The van der Waals surface area contributed by atoms with E-state index in [1.807, 2.05) is 11.3 Å². The second-order valence-electron chi connectivity index (χ2n) is 6.23. The van der Waals surface area contributed by atoms with E-state index in [4.69, 9.17) is 4.98 Å². The van der Waals surface area contributed by atoms with Gasteiger partial charge in [-0.25, -0.2) is 4.98 Å². The van der Waals surface area contributed by atoms with Crippen LogP contribution in [-0.4, -0.2) is 35.5 Å². The van der Waals surface area contributed by atoms with Crippen LogP contribution in [0.2, 0.25) is 0 Å². The van der Waals surface area contributed by atoms with Gasteiger partial charge < -0.3 is 4.90 Å². The standard InChI is InChI=1S/C17H24N4S/c1-12-7-5-8-14(18-12)15-9-6-10-21(15)11-16-13(2)19-17(22-16)20(3)4/h5,7-8,15H,6,9-11H2,1-4H3/t15-/m0/s1. The Labute approximate surface area is 136 Å². The lowest BCUT2D eigenvalue weighted by molar-refractivity contribution is 0.246. The SMILES string of the molecule is Cc1cccc([C@@H]2CCCN2Cc2sc(N(C)C)nc2C)n1. The molecule has 118 valence electrons. The molecule has 1 fully saturated rings. The maximum atomic E-state index is 4.74. The first-order valence-corrected chi connectivity index (χ1v) is 8.67. The Hall–Kier alpha value is -1.46. The number of pyridine rings is 1. The molecule has 0 aromatic carbocycles. The van der Waals surface area contributed by atoms with Gasteiger partial charge in [0.05, 0.1) is 17.4 Å². The van der Waals surface area contributed by atoms with E-state index in [-0.39, 0.29) is 0 Å². The van der Waals surface area contributed by atoms with Crippen LogP contribution in [0.15, 0.2) is 18.2 Å². The predicted octanol–water partition coefficient (Wildman–Crippen LogP) is 3.56. The van der Waals surface area contributed by atoms with Gasteiger partial charge in [-0.2, -0.15) is 0 Å². The second-order valence-corrected chi connectivity index (χ2v) is 7.29. The summed E-state index contributed by atoms with van der Waals surface area (Å²) in [5, 5.41) is 1.09. The van der Waals surface area contributed by atoms with Crippen LogP contribution in [-0.2, 0) is 6.54 Å². The van der Waals surface area contributed by atoms with E-state index in [9.17, 15) is 0 Å². The molecule has 2 aromatic heterocycles. The van der Waals surface area contributed by atoms with E-state index in [2.05, 4.69) is 60.9 Å². The maximum Gasteiger partial charge on any atom is 0.185 e. The van der Waals surface area contributed by atoms with E-state index in [1.165, 1.54) is 23.4 Å². The average Bonchev–Trinajstić information content (AvgIpc) is 3.07. The molecule has 0 bridgehead atoms. The monoisotopic (exact) mass is 316 g/mol. The van der Waals surface area contributed by atoms with Crippen LogP contribution in [0, 0.1) is 13.8 Å². The summed E-state index contributed by atoms with van der Waals surface area (Å²) in [7, 11) is 4.11. The van der Waals surface area contributed by atoms with Crippen molar-refractivity contribution in [2.24, 2.45) is 0 Å². The molecule has 0 spiro atoms. The molecule has 1 aliphatic rings. The summed E-state index contributed by atoms with van der Waals surface area (Å²) in [6, 6.07) is 6.81. The first-order chi connectivity index (χ1) is 10.5. The molecule has 0 unspecified atom stereocenters. The highest BCUT2D eigenvalue weighted by atomic mass is 32.1. The number of thiazole rings is 1. The molecule has 5 heteroatoms. The fourth-order valence-electron chi connectivity index (χ4n) is 3.04. The van der Waals surface area contributed by atoms with Gasteiger partial charge in [-0.05, 0) is 45.4 Å². The Morgan fingerprint density at radius 1 is 1.27 bits per heavy atom. The first-order valence-electron chi connectivity index (χ1n) is 7.86. The number of aromatic nitrogens is 2. The molecule has 3 rings (SSSR count). The van der Waals surface area contributed by atoms with Crippen LogP contribution in [0.3, 0.4) is 0 Å². The molecule has 0 aliphatic carbocycles. The van der Waals surface area contributed by atoms with Crippen LogP contribution in [0.25, 0.3) is 0 Å². The summed E-state index contributed by atoms with van der Waals surface area (Å²) in [6.45, 7) is 6.32. The number of hydrogen-bond donors (Lipinski definition) is 0. The predicted molar refractivity (Wildman–Crippen MR) is 92.5 cm³/mol. The van der Waals surface area contributed by atoms with E-state index in [0.717, 1.165) is 29.6 Å². The minimum atomic E-state index is 0.448. The van der Waals surface area contributed by atoms with Gasteiger partial charge in [-0.15, -0.1) is 11.3 Å². The van der Waals surface area contributed by atoms with Crippen LogP contribution in [0.5, 0.6) is 0 Å². The minimum absolute atomic E-state index is 0.448. The molecular weight excluding hydrogens is 292 g/mol. The Morgan fingerprint density at radius 3 is 2.77 bits per heavy atom. The summed E-state index contributed by atoms with van der Waals surface area (Å²) in [6.07, 6.45) is 2.45. The summed E-state index contributed by atoms with van der Waals surface area (Å²) in [4.78, 5) is 15.4.